The molecule has 0 aliphatic carbocycles. The molecule has 7 heteroatoms. The van der Waals surface area contributed by atoms with Crippen LogP contribution in [0.4, 0.5) is 0 Å². The molecule has 0 bridgehead atoms. The minimum absolute atomic E-state index is 0.158. The van der Waals surface area contributed by atoms with Crippen LogP contribution in [-0.2, 0) is 9.84 Å². The molecule has 160 valence electrons. The predicted octanol–water partition coefficient (Wildman–Crippen LogP) is 3.60. The SMILES string of the molecule is CCCC(O)COc1ccc(S(=O)(=O)c2ccc(OCC(O)CCC)cc2)cc1. The second-order valence-corrected chi connectivity index (χ2v) is 8.90. The minimum atomic E-state index is -3.66. The number of aliphatic hydroxyl groups is 2. The molecule has 0 radical (unpaired) electrons. The lowest BCUT2D eigenvalue weighted by Gasteiger charge is -2.13. The van der Waals surface area contributed by atoms with Gasteiger partial charge in [0.2, 0.25) is 9.84 Å². The van der Waals surface area contributed by atoms with E-state index in [9.17, 15) is 18.6 Å². The molecule has 29 heavy (non-hydrogen) atoms. The Balaban J connectivity index is 2.00. The van der Waals surface area contributed by atoms with Crippen LogP contribution < -0.4 is 9.47 Å². The van der Waals surface area contributed by atoms with Crippen molar-refractivity contribution in [2.24, 2.45) is 0 Å². The quantitative estimate of drug-likeness (QED) is 0.543. The van der Waals surface area contributed by atoms with E-state index in [1.165, 1.54) is 24.3 Å². The monoisotopic (exact) mass is 422 g/mol. The van der Waals surface area contributed by atoms with Crippen molar-refractivity contribution in [2.75, 3.05) is 13.2 Å². The van der Waals surface area contributed by atoms with Gasteiger partial charge in [-0.2, -0.15) is 0 Å². The van der Waals surface area contributed by atoms with E-state index in [1.54, 1.807) is 24.3 Å². The van der Waals surface area contributed by atoms with Crippen LogP contribution in [0.25, 0.3) is 0 Å². The molecule has 2 aromatic carbocycles. The summed E-state index contributed by atoms with van der Waals surface area (Å²) in [6, 6.07) is 12.3. The summed E-state index contributed by atoms with van der Waals surface area (Å²) in [7, 11) is -3.66. The van der Waals surface area contributed by atoms with Crippen molar-refractivity contribution >= 4 is 9.84 Å². The summed E-state index contributed by atoms with van der Waals surface area (Å²) >= 11 is 0. The maximum absolute atomic E-state index is 12.8. The molecule has 0 amide bonds. The molecule has 0 aliphatic heterocycles. The zero-order valence-electron chi connectivity index (χ0n) is 17.0. The number of aliphatic hydroxyl groups excluding tert-OH is 2. The molecule has 0 heterocycles. The fraction of sp³-hybridized carbons (Fsp3) is 0.455. The second kappa shape index (κ2) is 11.2. The average molecular weight is 423 g/mol. The first-order chi connectivity index (χ1) is 13.9. The van der Waals surface area contributed by atoms with Crippen LogP contribution in [-0.4, -0.2) is 44.1 Å². The molecule has 0 spiro atoms. The highest BCUT2D eigenvalue weighted by atomic mass is 32.2. The Kier molecular flexibility index (Phi) is 8.95. The van der Waals surface area contributed by atoms with Gasteiger partial charge < -0.3 is 19.7 Å². The first kappa shape index (κ1) is 23.2. The molecule has 0 fully saturated rings. The number of ether oxygens (including phenoxy) is 2. The summed E-state index contributed by atoms with van der Waals surface area (Å²) in [4.78, 5) is 0.317. The number of rotatable bonds is 12. The van der Waals surface area contributed by atoms with E-state index in [2.05, 4.69) is 0 Å². The molecule has 0 aliphatic rings. The Bertz CT molecular complexity index is 765. The number of benzene rings is 2. The smallest absolute Gasteiger partial charge is 0.206 e. The van der Waals surface area contributed by atoms with Crippen LogP contribution in [0.1, 0.15) is 39.5 Å². The molecular weight excluding hydrogens is 392 g/mol. The lowest BCUT2D eigenvalue weighted by atomic mass is 10.2. The van der Waals surface area contributed by atoms with Crippen molar-refractivity contribution in [3.05, 3.63) is 48.5 Å². The normalized spacial score (nSPS) is 13.7. The van der Waals surface area contributed by atoms with E-state index >= 15 is 0 Å². The molecular formula is C22H30O6S. The van der Waals surface area contributed by atoms with Crippen LogP contribution in [0.5, 0.6) is 11.5 Å². The van der Waals surface area contributed by atoms with Gasteiger partial charge in [0.25, 0.3) is 0 Å². The standard InChI is InChI=1S/C22H30O6S/c1-3-5-17(23)15-27-19-7-11-21(12-8-19)29(25,26)22-13-9-20(10-14-22)28-16-18(24)6-4-2/h7-14,17-18,23-24H,3-6,15-16H2,1-2H3. The van der Waals surface area contributed by atoms with Gasteiger partial charge in [-0.25, -0.2) is 8.42 Å². The Morgan fingerprint density at radius 2 is 1.07 bits per heavy atom. The fourth-order valence-corrected chi connectivity index (χ4v) is 4.05. The Morgan fingerprint density at radius 1 is 0.724 bits per heavy atom. The predicted molar refractivity (Wildman–Crippen MR) is 111 cm³/mol. The second-order valence-electron chi connectivity index (χ2n) is 6.95. The van der Waals surface area contributed by atoms with Crippen LogP contribution in [0, 0.1) is 0 Å². The zero-order valence-corrected chi connectivity index (χ0v) is 17.8. The van der Waals surface area contributed by atoms with Gasteiger partial charge in [-0.1, -0.05) is 26.7 Å². The van der Waals surface area contributed by atoms with Crippen molar-refractivity contribution in [3.8, 4) is 11.5 Å². The van der Waals surface area contributed by atoms with Crippen LogP contribution in [0.2, 0.25) is 0 Å². The first-order valence-electron chi connectivity index (χ1n) is 9.93. The highest BCUT2D eigenvalue weighted by Gasteiger charge is 2.18. The van der Waals surface area contributed by atoms with Gasteiger partial charge >= 0.3 is 0 Å². The number of sulfone groups is 1. The Morgan fingerprint density at radius 3 is 1.38 bits per heavy atom. The summed E-state index contributed by atoms with van der Waals surface area (Å²) < 4.78 is 36.6. The van der Waals surface area contributed by atoms with Crippen LogP contribution in [0.3, 0.4) is 0 Å². The first-order valence-corrected chi connectivity index (χ1v) is 11.4. The summed E-state index contributed by atoms with van der Waals surface area (Å²) in [6.07, 6.45) is 1.97. The van der Waals surface area contributed by atoms with Gasteiger partial charge in [0, 0.05) is 0 Å². The third-order valence-electron chi connectivity index (χ3n) is 4.40. The average Bonchev–Trinajstić information content (AvgIpc) is 2.72. The highest BCUT2D eigenvalue weighted by molar-refractivity contribution is 7.91. The molecule has 0 aromatic heterocycles. The zero-order chi connectivity index (χ0) is 21.3. The van der Waals surface area contributed by atoms with Crippen LogP contribution >= 0.6 is 0 Å². The largest absolute Gasteiger partial charge is 0.491 e. The van der Waals surface area contributed by atoms with E-state index in [-0.39, 0.29) is 23.0 Å². The van der Waals surface area contributed by atoms with Gasteiger partial charge in [-0.05, 0) is 61.4 Å². The Labute approximate surface area is 173 Å². The van der Waals surface area contributed by atoms with Crippen LogP contribution in [0.15, 0.2) is 58.3 Å². The number of hydrogen-bond donors (Lipinski definition) is 2. The molecule has 2 atom stereocenters. The van der Waals surface area contributed by atoms with Gasteiger partial charge in [0.1, 0.15) is 24.7 Å². The molecule has 2 unspecified atom stereocenters. The van der Waals surface area contributed by atoms with E-state index in [0.29, 0.717) is 24.3 Å². The van der Waals surface area contributed by atoms with Gasteiger partial charge in [-0.3, -0.25) is 0 Å². The fourth-order valence-electron chi connectivity index (χ4n) is 2.78. The number of hydrogen-bond acceptors (Lipinski definition) is 6. The molecule has 2 N–H and O–H groups in total. The van der Waals surface area contributed by atoms with E-state index in [0.717, 1.165) is 12.8 Å². The summed E-state index contributed by atoms with van der Waals surface area (Å²) in [5, 5.41) is 19.4. The topological polar surface area (TPSA) is 93.1 Å². The van der Waals surface area contributed by atoms with E-state index in [4.69, 9.17) is 9.47 Å². The maximum Gasteiger partial charge on any atom is 0.206 e. The molecule has 0 saturated carbocycles. The molecule has 2 rings (SSSR count). The summed E-state index contributed by atoms with van der Waals surface area (Å²) in [6.45, 7) is 4.32. The molecule has 2 aromatic rings. The Hall–Kier alpha value is -2.09. The van der Waals surface area contributed by atoms with Crippen molar-refractivity contribution in [3.63, 3.8) is 0 Å². The van der Waals surface area contributed by atoms with Crippen molar-refractivity contribution in [2.45, 2.75) is 61.5 Å². The van der Waals surface area contributed by atoms with E-state index < -0.39 is 22.0 Å². The van der Waals surface area contributed by atoms with Crippen molar-refractivity contribution in [1.82, 2.24) is 0 Å². The van der Waals surface area contributed by atoms with Gasteiger partial charge in [-0.15, -0.1) is 0 Å². The maximum atomic E-state index is 12.8. The molecule has 0 saturated heterocycles. The third kappa shape index (κ3) is 7.03. The van der Waals surface area contributed by atoms with E-state index in [1.807, 2.05) is 13.8 Å². The lowest BCUT2D eigenvalue weighted by Crippen LogP contribution is -2.17. The van der Waals surface area contributed by atoms with Crippen molar-refractivity contribution in [1.29, 1.82) is 0 Å². The third-order valence-corrected chi connectivity index (χ3v) is 6.18. The van der Waals surface area contributed by atoms with Gasteiger partial charge in [0.15, 0.2) is 0 Å². The summed E-state index contributed by atoms with van der Waals surface area (Å²) in [5.74, 6) is 1.02. The van der Waals surface area contributed by atoms with Crippen molar-refractivity contribution < 1.29 is 28.1 Å². The molecule has 6 nitrogen and oxygen atoms in total. The highest BCUT2D eigenvalue weighted by Crippen LogP contribution is 2.25. The minimum Gasteiger partial charge on any atom is -0.491 e. The summed E-state index contributed by atoms with van der Waals surface area (Å²) in [5.41, 5.74) is 0. The van der Waals surface area contributed by atoms with Gasteiger partial charge in [0.05, 0.1) is 22.0 Å². The lowest BCUT2D eigenvalue weighted by molar-refractivity contribution is 0.0992.